The molecule has 0 aromatic heterocycles. The van der Waals surface area contributed by atoms with Gasteiger partial charge in [-0.15, -0.1) is 0 Å². The van der Waals surface area contributed by atoms with Gasteiger partial charge in [0.1, 0.15) is 0 Å². The molecule has 2 rings (SSSR count). The highest BCUT2D eigenvalue weighted by Crippen LogP contribution is 2.41. The molecular formula is C16H8Cl6O4. The van der Waals surface area contributed by atoms with Crippen molar-refractivity contribution < 1.29 is 19.1 Å². The highest BCUT2D eigenvalue weighted by molar-refractivity contribution is 6.51. The third-order valence-corrected chi connectivity index (χ3v) is 4.77. The van der Waals surface area contributed by atoms with Gasteiger partial charge in [0.15, 0.2) is 0 Å². The molecule has 0 aliphatic carbocycles. The fraction of sp³-hybridized carbons (Fsp3) is 0.125. The van der Waals surface area contributed by atoms with E-state index in [2.05, 4.69) is 0 Å². The topological polar surface area (TPSA) is 52.6 Å². The normalized spacial score (nSPS) is 11.8. The van der Waals surface area contributed by atoms with Crippen molar-refractivity contribution in [3.63, 3.8) is 0 Å². The van der Waals surface area contributed by atoms with E-state index in [0.717, 1.165) is 0 Å². The molecule has 0 unspecified atom stereocenters. The number of hydrogen-bond donors (Lipinski definition) is 0. The number of esters is 2. The van der Waals surface area contributed by atoms with Crippen LogP contribution in [0.3, 0.4) is 0 Å². The summed E-state index contributed by atoms with van der Waals surface area (Å²) in [6.45, 7) is 0. The van der Waals surface area contributed by atoms with Crippen LogP contribution in [0.2, 0.25) is 10.0 Å². The van der Waals surface area contributed by atoms with E-state index in [-0.39, 0.29) is 21.2 Å². The van der Waals surface area contributed by atoms with Crippen molar-refractivity contribution in [3.8, 4) is 0 Å². The number of benzene rings is 2. The summed E-state index contributed by atoms with van der Waals surface area (Å²) in [7, 11) is 0. The third kappa shape index (κ3) is 5.10. The molecule has 4 nitrogen and oxygen atoms in total. The fourth-order valence-corrected chi connectivity index (χ4v) is 3.49. The Labute approximate surface area is 178 Å². The van der Waals surface area contributed by atoms with Crippen LogP contribution in [0.5, 0.6) is 0 Å². The minimum Gasteiger partial charge on any atom is -0.416 e. The zero-order valence-electron chi connectivity index (χ0n) is 12.5. The van der Waals surface area contributed by atoms with Crippen molar-refractivity contribution in [1.29, 1.82) is 0 Å². The molecule has 0 saturated carbocycles. The zero-order valence-corrected chi connectivity index (χ0v) is 17.1. The van der Waals surface area contributed by atoms with Gasteiger partial charge in [-0.25, -0.2) is 9.59 Å². The molecule has 0 fully saturated rings. The van der Waals surface area contributed by atoms with Gasteiger partial charge >= 0.3 is 11.9 Å². The first-order chi connectivity index (χ1) is 12.0. The summed E-state index contributed by atoms with van der Waals surface area (Å²) in [6.07, 6.45) is 0. The lowest BCUT2D eigenvalue weighted by molar-refractivity contribution is -0.173. The summed E-state index contributed by atoms with van der Waals surface area (Å²) in [5, 5.41) is 0.248. The number of carbonyl (C=O) groups excluding carboxylic acids is 2. The Balaban J connectivity index is 2.14. The standard InChI is InChI=1S/C16H8Cl6O4/c17-11-7-3-1-5-9(11)15(19,20)25-13(23)14(24)26-16(21,22)10-6-2-4-8-12(10)18/h1-8H. The van der Waals surface area contributed by atoms with Crippen molar-refractivity contribution >= 4 is 81.5 Å². The maximum absolute atomic E-state index is 12.0. The van der Waals surface area contributed by atoms with Crippen molar-refractivity contribution in [2.45, 2.75) is 9.04 Å². The summed E-state index contributed by atoms with van der Waals surface area (Å²) in [4.78, 5) is 24.0. The van der Waals surface area contributed by atoms with Crippen LogP contribution in [0.25, 0.3) is 0 Å². The third-order valence-electron chi connectivity index (χ3n) is 2.98. The van der Waals surface area contributed by atoms with E-state index in [1.807, 2.05) is 0 Å². The van der Waals surface area contributed by atoms with Gasteiger partial charge in [0.2, 0.25) is 0 Å². The number of rotatable bonds is 4. The fourth-order valence-electron chi connectivity index (χ4n) is 1.82. The lowest BCUT2D eigenvalue weighted by atomic mass is 10.2. The predicted octanol–water partition coefficient (Wildman–Crippen LogP) is 5.96. The molecule has 138 valence electrons. The van der Waals surface area contributed by atoms with Gasteiger partial charge in [0, 0.05) is 11.1 Å². The van der Waals surface area contributed by atoms with E-state index >= 15 is 0 Å². The largest absolute Gasteiger partial charge is 0.420 e. The van der Waals surface area contributed by atoms with Crippen LogP contribution < -0.4 is 0 Å². The summed E-state index contributed by atoms with van der Waals surface area (Å²) >= 11 is 35.7. The first-order valence-electron chi connectivity index (χ1n) is 6.76. The average molecular weight is 477 g/mol. The van der Waals surface area contributed by atoms with Crippen LogP contribution in [0.4, 0.5) is 0 Å². The Morgan fingerprint density at radius 2 is 0.962 bits per heavy atom. The molecule has 0 aliphatic heterocycles. The van der Waals surface area contributed by atoms with Gasteiger partial charge in [-0.3, -0.25) is 0 Å². The summed E-state index contributed by atoms with van der Waals surface area (Å²) in [6, 6.07) is 12.1. The Kier molecular flexibility index (Phi) is 6.94. The number of hydrogen-bond acceptors (Lipinski definition) is 4. The Morgan fingerprint density at radius 3 is 1.27 bits per heavy atom. The van der Waals surface area contributed by atoms with Crippen LogP contribution >= 0.6 is 69.6 Å². The molecule has 0 atom stereocenters. The summed E-state index contributed by atoms with van der Waals surface area (Å²) in [5.74, 6) is -3.07. The van der Waals surface area contributed by atoms with Crippen molar-refractivity contribution in [2.75, 3.05) is 0 Å². The molecule has 0 aliphatic rings. The van der Waals surface area contributed by atoms with E-state index in [9.17, 15) is 9.59 Å². The van der Waals surface area contributed by atoms with E-state index in [1.165, 1.54) is 24.3 Å². The van der Waals surface area contributed by atoms with E-state index < -0.39 is 21.0 Å². The molecule has 0 N–H and O–H groups in total. The van der Waals surface area contributed by atoms with Crippen molar-refractivity contribution in [2.24, 2.45) is 0 Å². The van der Waals surface area contributed by atoms with Crippen LogP contribution in [-0.4, -0.2) is 11.9 Å². The van der Waals surface area contributed by atoms with E-state index in [4.69, 9.17) is 79.1 Å². The lowest BCUT2D eigenvalue weighted by Crippen LogP contribution is -2.31. The SMILES string of the molecule is O=C(OC(Cl)(Cl)c1ccccc1Cl)C(=O)OC(Cl)(Cl)c1ccccc1Cl. The highest BCUT2D eigenvalue weighted by Gasteiger charge is 2.40. The molecule has 0 radical (unpaired) electrons. The second kappa shape index (κ2) is 8.42. The van der Waals surface area contributed by atoms with Gasteiger partial charge in [-0.05, 0) is 12.1 Å². The minimum absolute atomic E-state index is 0.0558. The van der Waals surface area contributed by atoms with Gasteiger partial charge < -0.3 is 9.47 Å². The van der Waals surface area contributed by atoms with Crippen LogP contribution in [0.15, 0.2) is 48.5 Å². The molecule has 2 aromatic carbocycles. The van der Waals surface area contributed by atoms with Gasteiger partial charge in [-0.1, -0.05) is 106 Å². The van der Waals surface area contributed by atoms with Gasteiger partial charge in [-0.2, -0.15) is 0 Å². The Hall–Kier alpha value is -0.880. The zero-order chi connectivity index (χ0) is 19.5. The molecule has 0 bridgehead atoms. The summed E-state index contributed by atoms with van der Waals surface area (Å²) in [5.41, 5.74) is 0.112. The quantitative estimate of drug-likeness (QED) is 0.310. The first kappa shape index (κ1) is 21.4. The molecule has 0 spiro atoms. The second-order valence-electron chi connectivity index (χ2n) is 4.77. The minimum atomic E-state index is -2.24. The number of alkyl halides is 4. The molecule has 10 heteroatoms. The first-order valence-corrected chi connectivity index (χ1v) is 9.03. The Morgan fingerprint density at radius 1 is 0.654 bits per heavy atom. The number of ether oxygens (including phenoxy) is 2. The van der Waals surface area contributed by atoms with Gasteiger partial charge in [0.25, 0.3) is 9.04 Å². The number of carbonyl (C=O) groups is 2. The molecular weight excluding hydrogens is 469 g/mol. The highest BCUT2D eigenvalue weighted by atomic mass is 35.5. The lowest BCUT2D eigenvalue weighted by Gasteiger charge is -2.23. The maximum Gasteiger partial charge on any atom is 0.420 e. The van der Waals surface area contributed by atoms with Crippen LogP contribution in [-0.2, 0) is 28.1 Å². The predicted molar refractivity (Wildman–Crippen MR) is 102 cm³/mol. The van der Waals surface area contributed by atoms with E-state index in [1.54, 1.807) is 24.3 Å². The molecule has 2 aromatic rings. The van der Waals surface area contributed by atoms with Gasteiger partial charge in [0.05, 0.1) is 10.0 Å². The average Bonchev–Trinajstić information content (AvgIpc) is 2.54. The molecule has 26 heavy (non-hydrogen) atoms. The molecule has 0 heterocycles. The summed E-state index contributed by atoms with van der Waals surface area (Å²) < 4.78 is 5.05. The Bertz CT molecular complexity index is 767. The van der Waals surface area contributed by atoms with Crippen molar-refractivity contribution in [1.82, 2.24) is 0 Å². The maximum atomic E-state index is 12.0. The molecule has 0 saturated heterocycles. The van der Waals surface area contributed by atoms with Crippen LogP contribution in [0.1, 0.15) is 11.1 Å². The smallest absolute Gasteiger partial charge is 0.416 e. The number of halogens is 6. The second-order valence-corrected chi connectivity index (χ2v) is 8.10. The van der Waals surface area contributed by atoms with Crippen molar-refractivity contribution in [3.05, 3.63) is 69.7 Å². The monoisotopic (exact) mass is 474 g/mol. The van der Waals surface area contributed by atoms with Crippen LogP contribution in [0, 0.1) is 0 Å². The van der Waals surface area contributed by atoms with E-state index in [0.29, 0.717) is 0 Å². The molecule has 0 amide bonds.